The van der Waals surface area contributed by atoms with Crippen LogP contribution in [-0.4, -0.2) is 18.1 Å². The summed E-state index contributed by atoms with van der Waals surface area (Å²) in [6, 6.07) is 0.508. The molecule has 1 heterocycles. The third kappa shape index (κ3) is 4.37. The van der Waals surface area contributed by atoms with Crippen LogP contribution in [0.15, 0.2) is 0 Å². The second kappa shape index (κ2) is 7.09. The predicted molar refractivity (Wildman–Crippen MR) is 73.5 cm³/mol. The van der Waals surface area contributed by atoms with Gasteiger partial charge in [-0.25, -0.2) is 4.98 Å². The van der Waals surface area contributed by atoms with Gasteiger partial charge in [0.1, 0.15) is 11.1 Å². The number of nitrogens with zero attached hydrogens (tertiary/aromatic N) is 1. The summed E-state index contributed by atoms with van der Waals surface area (Å²) in [5.41, 5.74) is 1.14. The molecule has 0 radical (unpaired) electrons. The molecule has 1 N–H and O–H groups in total. The van der Waals surface area contributed by atoms with E-state index in [4.69, 9.17) is 4.74 Å². The molecule has 0 aliphatic rings. The Labute approximate surface area is 109 Å². The molecule has 4 heteroatoms. The van der Waals surface area contributed by atoms with E-state index in [-0.39, 0.29) is 6.10 Å². The molecule has 0 aliphatic carbocycles. The molecule has 0 amide bonds. The average Bonchev–Trinajstić information content (AvgIpc) is 2.64. The van der Waals surface area contributed by atoms with Gasteiger partial charge in [0.15, 0.2) is 0 Å². The van der Waals surface area contributed by atoms with Crippen molar-refractivity contribution in [3.05, 3.63) is 15.6 Å². The Morgan fingerprint density at radius 3 is 2.65 bits per heavy atom. The minimum atomic E-state index is 0.163. The molecule has 0 fully saturated rings. The van der Waals surface area contributed by atoms with Gasteiger partial charge in [-0.3, -0.25) is 0 Å². The Balaban J connectivity index is 2.72. The fraction of sp³-hybridized carbons (Fsp3) is 0.769. The van der Waals surface area contributed by atoms with Gasteiger partial charge in [0.25, 0.3) is 0 Å². The molecule has 17 heavy (non-hydrogen) atoms. The number of rotatable bonds is 7. The molecule has 1 atom stereocenters. The number of thiazole rings is 1. The first-order valence-electron chi connectivity index (χ1n) is 6.30. The second-order valence-electron chi connectivity index (χ2n) is 4.61. The van der Waals surface area contributed by atoms with Crippen molar-refractivity contribution in [2.24, 2.45) is 0 Å². The molecule has 0 saturated carbocycles. The molecule has 0 saturated heterocycles. The quantitative estimate of drug-likeness (QED) is 0.811. The van der Waals surface area contributed by atoms with Gasteiger partial charge in [0.05, 0.1) is 5.69 Å². The zero-order chi connectivity index (χ0) is 12.8. The smallest absolute Gasteiger partial charge is 0.122 e. The van der Waals surface area contributed by atoms with Crippen molar-refractivity contribution in [1.29, 1.82) is 0 Å². The van der Waals surface area contributed by atoms with E-state index in [2.05, 4.69) is 38.0 Å². The summed E-state index contributed by atoms with van der Waals surface area (Å²) >= 11 is 1.78. The Morgan fingerprint density at radius 2 is 2.12 bits per heavy atom. The molecule has 1 aromatic heterocycles. The number of aryl methyl sites for hydroxylation is 1. The summed E-state index contributed by atoms with van der Waals surface area (Å²) in [6.07, 6.45) is 2.33. The highest BCUT2D eigenvalue weighted by molar-refractivity contribution is 7.11. The maximum Gasteiger partial charge on any atom is 0.122 e. The summed E-state index contributed by atoms with van der Waals surface area (Å²) in [6.45, 7) is 9.48. The molecular weight excluding hydrogens is 232 g/mol. The standard InChI is InChI=1S/C13H24N2OS/c1-6-7-11(16-5)13-15-10(4)12(17-13)8-14-9(2)3/h9,11,14H,6-8H2,1-5H3. The lowest BCUT2D eigenvalue weighted by molar-refractivity contribution is 0.0947. The minimum absolute atomic E-state index is 0.163. The van der Waals surface area contributed by atoms with Crippen LogP contribution in [0.4, 0.5) is 0 Å². The van der Waals surface area contributed by atoms with E-state index in [0.29, 0.717) is 6.04 Å². The van der Waals surface area contributed by atoms with Crippen LogP contribution >= 0.6 is 11.3 Å². The van der Waals surface area contributed by atoms with Gasteiger partial charge in [-0.05, 0) is 13.3 Å². The average molecular weight is 256 g/mol. The summed E-state index contributed by atoms with van der Waals surface area (Å²) in [5.74, 6) is 0. The van der Waals surface area contributed by atoms with Crippen LogP contribution in [0.1, 0.15) is 55.3 Å². The van der Waals surface area contributed by atoms with Crippen molar-refractivity contribution in [2.45, 2.75) is 59.2 Å². The Bertz CT molecular complexity index is 336. The number of methoxy groups -OCH3 is 1. The highest BCUT2D eigenvalue weighted by Gasteiger charge is 2.16. The lowest BCUT2D eigenvalue weighted by atomic mass is 10.2. The number of hydrogen-bond donors (Lipinski definition) is 1. The largest absolute Gasteiger partial charge is 0.374 e. The third-order valence-electron chi connectivity index (χ3n) is 2.69. The Morgan fingerprint density at radius 1 is 1.41 bits per heavy atom. The van der Waals surface area contributed by atoms with Crippen molar-refractivity contribution in [3.8, 4) is 0 Å². The fourth-order valence-corrected chi connectivity index (χ4v) is 2.78. The summed E-state index contributed by atoms with van der Waals surface area (Å²) < 4.78 is 5.50. The van der Waals surface area contributed by atoms with Crippen LogP contribution in [-0.2, 0) is 11.3 Å². The third-order valence-corrected chi connectivity index (χ3v) is 3.94. The lowest BCUT2D eigenvalue weighted by Gasteiger charge is -2.10. The number of ether oxygens (including phenoxy) is 1. The van der Waals surface area contributed by atoms with Gasteiger partial charge in [-0.15, -0.1) is 11.3 Å². The number of nitrogens with one attached hydrogen (secondary N) is 1. The first-order valence-corrected chi connectivity index (χ1v) is 7.12. The van der Waals surface area contributed by atoms with E-state index in [1.165, 1.54) is 4.88 Å². The minimum Gasteiger partial charge on any atom is -0.374 e. The summed E-state index contributed by atoms with van der Waals surface area (Å²) in [5, 5.41) is 4.55. The van der Waals surface area contributed by atoms with Gasteiger partial charge in [0.2, 0.25) is 0 Å². The molecule has 0 aromatic carbocycles. The van der Waals surface area contributed by atoms with Crippen LogP contribution in [0.5, 0.6) is 0 Å². The molecule has 3 nitrogen and oxygen atoms in total. The van der Waals surface area contributed by atoms with Crippen molar-refractivity contribution >= 4 is 11.3 Å². The molecule has 98 valence electrons. The number of aromatic nitrogens is 1. The first kappa shape index (κ1) is 14.6. The zero-order valence-corrected chi connectivity index (χ0v) is 12.4. The van der Waals surface area contributed by atoms with Gasteiger partial charge < -0.3 is 10.1 Å². The molecule has 1 rings (SSSR count). The van der Waals surface area contributed by atoms with Crippen molar-refractivity contribution in [2.75, 3.05) is 7.11 Å². The van der Waals surface area contributed by atoms with E-state index < -0.39 is 0 Å². The summed E-state index contributed by atoms with van der Waals surface area (Å²) in [4.78, 5) is 5.96. The van der Waals surface area contributed by atoms with Gasteiger partial charge in [0, 0.05) is 24.6 Å². The van der Waals surface area contributed by atoms with Crippen LogP contribution in [0.25, 0.3) is 0 Å². The van der Waals surface area contributed by atoms with Gasteiger partial charge in [-0.2, -0.15) is 0 Å². The molecular formula is C13H24N2OS. The zero-order valence-electron chi connectivity index (χ0n) is 11.5. The highest BCUT2D eigenvalue weighted by atomic mass is 32.1. The Hall–Kier alpha value is -0.450. The highest BCUT2D eigenvalue weighted by Crippen LogP contribution is 2.28. The predicted octanol–water partition coefficient (Wildman–Crippen LogP) is 3.44. The maximum atomic E-state index is 5.50. The molecule has 1 aromatic rings. The van der Waals surface area contributed by atoms with E-state index in [9.17, 15) is 0 Å². The van der Waals surface area contributed by atoms with Gasteiger partial charge >= 0.3 is 0 Å². The molecule has 1 unspecified atom stereocenters. The van der Waals surface area contributed by atoms with E-state index >= 15 is 0 Å². The van der Waals surface area contributed by atoms with Crippen LogP contribution in [0, 0.1) is 6.92 Å². The SMILES string of the molecule is CCCC(OC)c1nc(C)c(CNC(C)C)s1. The fourth-order valence-electron chi connectivity index (χ4n) is 1.65. The van der Waals surface area contributed by atoms with Crippen molar-refractivity contribution in [3.63, 3.8) is 0 Å². The molecule has 0 aliphatic heterocycles. The second-order valence-corrected chi connectivity index (χ2v) is 5.72. The topological polar surface area (TPSA) is 34.1 Å². The van der Waals surface area contributed by atoms with Crippen molar-refractivity contribution in [1.82, 2.24) is 10.3 Å². The van der Waals surface area contributed by atoms with Gasteiger partial charge in [-0.1, -0.05) is 27.2 Å². The Kier molecular flexibility index (Phi) is 6.09. The van der Waals surface area contributed by atoms with Crippen LogP contribution < -0.4 is 5.32 Å². The van der Waals surface area contributed by atoms with E-state index in [1.807, 2.05) is 0 Å². The number of hydrogen-bond acceptors (Lipinski definition) is 4. The van der Waals surface area contributed by atoms with Crippen molar-refractivity contribution < 1.29 is 4.74 Å². The summed E-state index contributed by atoms with van der Waals surface area (Å²) in [7, 11) is 1.77. The maximum absolute atomic E-state index is 5.50. The lowest BCUT2D eigenvalue weighted by Crippen LogP contribution is -2.21. The first-order chi connectivity index (χ1) is 8.08. The van der Waals surface area contributed by atoms with Crippen LogP contribution in [0.2, 0.25) is 0 Å². The normalized spacial score (nSPS) is 13.3. The molecule has 0 bridgehead atoms. The monoisotopic (exact) mass is 256 g/mol. The van der Waals surface area contributed by atoms with Crippen LogP contribution in [0.3, 0.4) is 0 Å². The molecule has 0 spiro atoms. The van der Waals surface area contributed by atoms with E-state index in [1.54, 1.807) is 18.4 Å². The van der Waals surface area contributed by atoms with E-state index in [0.717, 1.165) is 30.1 Å².